The van der Waals surface area contributed by atoms with Gasteiger partial charge in [0.1, 0.15) is 28.6 Å². The summed E-state index contributed by atoms with van der Waals surface area (Å²) >= 11 is 0. The molecule has 2 aromatic carbocycles. The summed E-state index contributed by atoms with van der Waals surface area (Å²) in [6, 6.07) is 17.1. The molecule has 2 heterocycles. The predicted molar refractivity (Wildman–Crippen MR) is 147 cm³/mol. The zero-order valence-corrected chi connectivity index (χ0v) is 22.1. The summed E-state index contributed by atoms with van der Waals surface area (Å²) in [4.78, 5) is 29.1. The third-order valence-electron chi connectivity index (χ3n) is 7.29. The molecule has 9 heteroatoms. The summed E-state index contributed by atoms with van der Waals surface area (Å²) in [5, 5.41) is 7.51. The van der Waals surface area contributed by atoms with Crippen molar-refractivity contribution >= 4 is 17.6 Å². The van der Waals surface area contributed by atoms with Crippen LogP contribution < -0.4 is 15.8 Å². The lowest BCUT2D eigenvalue weighted by Gasteiger charge is -2.58. The number of hydrogen-bond donors (Lipinski definition) is 2. The fraction of sp³-hybridized carbons (Fsp3) is 0.345. The molecule has 0 atom stereocenters. The Hall–Kier alpha value is -4.11. The normalized spacial score (nSPS) is 16.5. The molecule has 1 saturated carbocycles. The number of carbonyl (C=O) groups excluding carboxylic acids is 2. The first-order valence-electron chi connectivity index (χ1n) is 12.8. The molecule has 1 aliphatic carbocycles. The minimum absolute atomic E-state index is 0.0587. The fourth-order valence-corrected chi connectivity index (χ4v) is 5.34. The number of nitrogens with zero attached hydrogens (tertiary/aromatic N) is 4. The molecule has 0 unspecified atom stereocenters. The first-order valence-corrected chi connectivity index (χ1v) is 12.8. The van der Waals surface area contributed by atoms with E-state index in [0.717, 1.165) is 43.8 Å². The Kier molecular flexibility index (Phi) is 6.94. The first kappa shape index (κ1) is 25.5. The van der Waals surface area contributed by atoms with Crippen LogP contribution in [0.1, 0.15) is 29.2 Å². The van der Waals surface area contributed by atoms with Crippen LogP contribution in [0.25, 0.3) is 11.3 Å². The fourth-order valence-electron chi connectivity index (χ4n) is 5.34. The number of carbonyl (C=O) groups is 2. The molecule has 38 heavy (non-hydrogen) atoms. The summed E-state index contributed by atoms with van der Waals surface area (Å²) in [5.74, 6) is 1.59. The number of likely N-dealkylation sites (tertiary alicyclic amines) is 1. The summed E-state index contributed by atoms with van der Waals surface area (Å²) in [6.07, 6.45) is 5.30. The SMILES string of the molecule is CNC(=O)c1c(-c2ccc(Oc3ccccc3)cc2)nn(C2CC3(C2)CN(C(=O)/C=C/CN(C)C)C3)c1N. The molecule has 1 aromatic heterocycles. The number of nitrogens with one attached hydrogen (secondary N) is 1. The number of nitrogen functional groups attached to an aromatic ring is 1. The van der Waals surface area contributed by atoms with Gasteiger partial charge in [-0.15, -0.1) is 0 Å². The van der Waals surface area contributed by atoms with E-state index >= 15 is 0 Å². The molecule has 9 nitrogen and oxygen atoms in total. The lowest BCUT2D eigenvalue weighted by Crippen LogP contribution is -2.63. The van der Waals surface area contributed by atoms with Crippen LogP contribution in [0.3, 0.4) is 0 Å². The Morgan fingerprint density at radius 2 is 1.76 bits per heavy atom. The van der Waals surface area contributed by atoms with Crippen molar-refractivity contribution < 1.29 is 14.3 Å². The number of aromatic nitrogens is 2. The highest BCUT2D eigenvalue weighted by Gasteiger charge is 2.54. The van der Waals surface area contributed by atoms with Gasteiger partial charge >= 0.3 is 0 Å². The number of hydrogen-bond acceptors (Lipinski definition) is 6. The van der Waals surface area contributed by atoms with Crippen molar-refractivity contribution in [3.05, 3.63) is 72.3 Å². The van der Waals surface area contributed by atoms with Gasteiger partial charge in [0, 0.05) is 43.7 Å². The van der Waals surface area contributed by atoms with Crippen molar-refractivity contribution in [1.82, 2.24) is 24.9 Å². The van der Waals surface area contributed by atoms with Gasteiger partial charge in [-0.2, -0.15) is 5.10 Å². The molecule has 3 aromatic rings. The largest absolute Gasteiger partial charge is 0.457 e. The standard InChI is InChI=1S/C29H34N6O3/c1-31-28(37)25-26(20-11-13-23(14-12-20)38-22-8-5-4-6-9-22)32-35(27(25)30)21-16-29(17-21)18-34(19-29)24(36)10-7-15-33(2)3/h4-14,21H,15-19,30H2,1-3H3,(H,31,37)/b10-7+. The summed E-state index contributed by atoms with van der Waals surface area (Å²) in [5.41, 5.74) is 8.32. The topological polar surface area (TPSA) is 106 Å². The average Bonchev–Trinajstić information content (AvgIpc) is 3.19. The van der Waals surface area contributed by atoms with Crippen LogP contribution in [-0.2, 0) is 4.79 Å². The number of nitrogens with two attached hydrogens (primary N) is 1. The van der Waals surface area contributed by atoms with Crippen molar-refractivity contribution in [2.75, 3.05) is 46.5 Å². The molecule has 2 aliphatic rings. The molecule has 198 valence electrons. The Morgan fingerprint density at radius 3 is 2.39 bits per heavy atom. The van der Waals surface area contributed by atoms with Gasteiger partial charge in [-0.3, -0.25) is 9.59 Å². The zero-order chi connectivity index (χ0) is 26.9. The smallest absolute Gasteiger partial charge is 0.257 e. The van der Waals surface area contributed by atoms with E-state index in [4.69, 9.17) is 15.6 Å². The average molecular weight is 515 g/mol. The minimum Gasteiger partial charge on any atom is -0.457 e. The molecular formula is C29H34N6O3. The Morgan fingerprint density at radius 1 is 1.11 bits per heavy atom. The van der Waals surface area contributed by atoms with Crippen LogP contribution in [0.4, 0.5) is 5.82 Å². The van der Waals surface area contributed by atoms with Crippen LogP contribution in [0.15, 0.2) is 66.7 Å². The third-order valence-corrected chi connectivity index (χ3v) is 7.29. The summed E-state index contributed by atoms with van der Waals surface area (Å²) in [6.45, 7) is 2.23. The van der Waals surface area contributed by atoms with E-state index in [1.807, 2.05) is 84.6 Å². The molecule has 2 amide bonds. The highest BCUT2D eigenvalue weighted by Crippen LogP contribution is 2.55. The molecule has 0 bridgehead atoms. The Bertz CT molecular complexity index is 1330. The second kappa shape index (κ2) is 10.3. The second-order valence-electron chi connectivity index (χ2n) is 10.5. The predicted octanol–water partition coefficient (Wildman–Crippen LogP) is 3.57. The molecule has 1 aliphatic heterocycles. The number of anilines is 1. The Balaban J connectivity index is 1.28. The maximum atomic E-state index is 12.8. The zero-order valence-electron chi connectivity index (χ0n) is 22.1. The quantitative estimate of drug-likeness (QED) is 0.446. The van der Waals surface area contributed by atoms with Crippen LogP contribution in [0, 0.1) is 5.41 Å². The number of likely N-dealkylation sites (N-methyl/N-ethyl adjacent to an activating group) is 1. The lowest BCUT2D eigenvalue weighted by molar-refractivity contribution is -0.149. The molecule has 1 spiro atoms. The van der Waals surface area contributed by atoms with E-state index in [1.165, 1.54) is 0 Å². The van der Waals surface area contributed by atoms with Gasteiger partial charge in [0.25, 0.3) is 5.91 Å². The van der Waals surface area contributed by atoms with Crippen molar-refractivity contribution in [2.24, 2.45) is 5.41 Å². The lowest BCUT2D eigenvalue weighted by atomic mass is 9.60. The maximum absolute atomic E-state index is 12.8. The van der Waals surface area contributed by atoms with E-state index < -0.39 is 0 Å². The molecule has 5 rings (SSSR count). The van der Waals surface area contributed by atoms with E-state index in [1.54, 1.807) is 17.8 Å². The highest BCUT2D eigenvalue weighted by molar-refractivity contribution is 6.04. The first-order chi connectivity index (χ1) is 18.3. The van der Waals surface area contributed by atoms with Gasteiger partial charge in [0.05, 0.1) is 6.04 Å². The van der Waals surface area contributed by atoms with Crippen molar-refractivity contribution in [1.29, 1.82) is 0 Å². The molecule has 2 fully saturated rings. The van der Waals surface area contributed by atoms with E-state index in [9.17, 15) is 9.59 Å². The van der Waals surface area contributed by atoms with Crippen LogP contribution in [-0.4, -0.2) is 72.2 Å². The van der Waals surface area contributed by atoms with Crippen LogP contribution in [0.5, 0.6) is 11.5 Å². The number of benzene rings is 2. The van der Waals surface area contributed by atoms with E-state index in [0.29, 0.717) is 22.8 Å². The van der Waals surface area contributed by atoms with Crippen molar-refractivity contribution in [3.8, 4) is 22.8 Å². The van der Waals surface area contributed by atoms with Gasteiger partial charge < -0.3 is 25.6 Å². The maximum Gasteiger partial charge on any atom is 0.257 e. The van der Waals surface area contributed by atoms with Crippen molar-refractivity contribution in [2.45, 2.75) is 18.9 Å². The molecule has 3 N–H and O–H groups in total. The van der Waals surface area contributed by atoms with Gasteiger partial charge in [-0.25, -0.2) is 4.68 Å². The molecular weight excluding hydrogens is 480 g/mol. The molecule has 1 saturated heterocycles. The summed E-state index contributed by atoms with van der Waals surface area (Å²) < 4.78 is 7.69. The van der Waals surface area contributed by atoms with Crippen LogP contribution >= 0.6 is 0 Å². The monoisotopic (exact) mass is 514 g/mol. The second-order valence-corrected chi connectivity index (χ2v) is 10.5. The number of para-hydroxylation sites is 1. The molecule has 0 radical (unpaired) electrons. The third kappa shape index (κ3) is 5.02. The minimum atomic E-state index is -0.271. The van der Waals surface area contributed by atoms with Gasteiger partial charge in [-0.1, -0.05) is 24.3 Å². The van der Waals surface area contributed by atoms with Gasteiger partial charge in [0.15, 0.2) is 0 Å². The summed E-state index contributed by atoms with van der Waals surface area (Å²) in [7, 11) is 5.53. The van der Waals surface area contributed by atoms with Crippen molar-refractivity contribution in [3.63, 3.8) is 0 Å². The van der Waals surface area contributed by atoms with Gasteiger partial charge in [0.2, 0.25) is 5.91 Å². The van der Waals surface area contributed by atoms with E-state index in [2.05, 4.69) is 5.32 Å². The highest BCUT2D eigenvalue weighted by atomic mass is 16.5. The number of rotatable bonds is 8. The van der Waals surface area contributed by atoms with E-state index in [-0.39, 0.29) is 23.3 Å². The van der Waals surface area contributed by atoms with Crippen LogP contribution in [0.2, 0.25) is 0 Å². The number of amides is 2. The van der Waals surface area contributed by atoms with Gasteiger partial charge in [-0.05, 0) is 63.3 Å². The Labute approximate surface area is 222 Å². The number of ether oxygens (including phenoxy) is 1.